The number of guanidine groups is 1. The first-order chi connectivity index (χ1) is 13.1. The number of nitrogens with one attached hydrogen (secondary N) is 2. The van der Waals surface area contributed by atoms with Gasteiger partial charge in [-0.25, -0.2) is 0 Å². The third-order valence-corrected chi connectivity index (χ3v) is 5.84. The Morgan fingerprint density at radius 2 is 1.67 bits per heavy atom. The van der Waals surface area contributed by atoms with E-state index in [4.69, 9.17) is 0 Å². The van der Waals surface area contributed by atoms with Gasteiger partial charge in [0.1, 0.15) is 0 Å². The summed E-state index contributed by atoms with van der Waals surface area (Å²) in [4.78, 5) is 4.61. The van der Waals surface area contributed by atoms with Crippen LogP contribution in [0.2, 0.25) is 0 Å². The number of hydrogen-bond donors (Lipinski definition) is 2. The number of rotatable bonds is 9. The third-order valence-electron chi connectivity index (χ3n) is 4.54. The molecule has 3 atom stereocenters. The first kappa shape index (κ1) is 21.2. The lowest BCUT2D eigenvalue weighted by molar-refractivity contribution is 0.550. The number of benzene rings is 2. The van der Waals surface area contributed by atoms with E-state index in [-0.39, 0.29) is 6.04 Å². The van der Waals surface area contributed by atoms with Gasteiger partial charge in [-0.2, -0.15) is 0 Å². The number of hydrogen-bond acceptors (Lipinski definition) is 2. The molecule has 0 saturated carbocycles. The van der Waals surface area contributed by atoms with Crippen molar-refractivity contribution in [3.63, 3.8) is 0 Å². The maximum Gasteiger partial charge on any atom is 0.191 e. The Kier molecular flexibility index (Phi) is 9.05. The first-order valence-corrected chi connectivity index (χ1v) is 11.1. The Morgan fingerprint density at radius 1 is 1.04 bits per heavy atom. The van der Waals surface area contributed by atoms with Crippen LogP contribution in [-0.4, -0.2) is 35.1 Å². The Hall–Kier alpha value is -2.14. The van der Waals surface area contributed by atoms with Crippen molar-refractivity contribution in [2.45, 2.75) is 38.5 Å². The molecule has 0 amide bonds. The molecular formula is C22H31N3OS. The summed E-state index contributed by atoms with van der Waals surface area (Å²) in [7, 11) is -0.905. The first-order valence-electron chi connectivity index (χ1n) is 9.58. The second-order valence-corrected chi connectivity index (χ2v) is 8.24. The minimum absolute atomic E-state index is 0.236. The molecule has 4 nitrogen and oxygen atoms in total. The second kappa shape index (κ2) is 11.5. The highest BCUT2D eigenvalue weighted by molar-refractivity contribution is 7.84. The van der Waals surface area contributed by atoms with Crippen LogP contribution >= 0.6 is 0 Å². The highest BCUT2D eigenvalue weighted by atomic mass is 32.2. The summed E-state index contributed by atoms with van der Waals surface area (Å²) in [5.74, 6) is 2.29. The van der Waals surface area contributed by atoms with Gasteiger partial charge in [0, 0.05) is 40.8 Å². The average Bonchev–Trinajstić information content (AvgIpc) is 2.69. The topological polar surface area (TPSA) is 53.5 Å². The van der Waals surface area contributed by atoms with Crippen LogP contribution in [0, 0.1) is 0 Å². The van der Waals surface area contributed by atoms with Gasteiger partial charge < -0.3 is 10.6 Å². The Morgan fingerprint density at radius 3 is 2.30 bits per heavy atom. The monoisotopic (exact) mass is 385 g/mol. The molecule has 0 fully saturated rings. The molecule has 2 N–H and O–H groups in total. The summed E-state index contributed by atoms with van der Waals surface area (Å²) in [5.41, 5.74) is 2.41. The number of nitrogens with zero attached hydrogens (tertiary/aromatic N) is 1. The average molecular weight is 386 g/mol. The van der Waals surface area contributed by atoms with Crippen LogP contribution in [0.25, 0.3) is 0 Å². The molecule has 0 aliphatic rings. The molecule has 0 aromatic heterocycles. The van der Waals surface area contributed by atoms with Crippen molar-refractivity contribution in [2.75, 3.05) is 18.8 Å². The Bertz CT molecular complexity index is 719. The van der Waals surface area contributed by atoms with E-state index in [1.54, 1.807) is 0 Å². The summed E-state index contributed by atoms with van der Waals surface area (Å²) < 4.78 is 12.3. The smallest absolute Gasteiger partial charge is 0.191 e. The van der Waals surface area contributed by atoms with E-state index in [1.807, 2.05) is 36.4 Å². The van der Waals surface area contributed by atoms with Crippen molar-refractivity contribution in [1.82, 2.24) is 10.6 Å². The highest BCUT2D eigenvalue weighted by Crippen LogP contribution is 2.18. The zero-order valence-corrected chi connectivity index (χ0v) is 17.3. The molecule has 0 heterocycles. The van der Waals surface area contributed by atoms with Crippen LogP contribution < -0.4 is 10.6 Å². The largest absolute Gasteiger partial charge is 0.357 e. The maximum atomic E-state index is 12.3. The lowest BCUT2D eigenvalue weighted by atomic mass is 9.94. The number of aliphatic imine (C=N–C) groups is 1. The Labute approximate surface area is 166 Å². The van der Waals surface area contributed by atoms with E-state index in [0.29, 0.717) is 24.0 Å². The van der Waals surface area contributed by atoms with Gasteiger partial charge in [-0.1, -0.05) is 67.6 Å². The molecule has 2 rings (SSSR count). The molecule has 146 valence electrons. The van der Waals surface area contributed by atoms with E-state index in [9.17, 15) is 4.21 Å². The van der Waals surface area contributed by atoms with Gasteiger partial charge >= 0.3 is 0 Å². The molecule has 3 unspecified atom stereocenters. The van der Waals surface area contributed by atoms with E-state index in [1.165, 1.54) is 5.56 Å². The van der Waals surface area contributed by atoms with E-state index in [2.05, 4.69) is 60.7 Å². The van der Waals surface area contributed by atoms with Crippen molar-refractivity contribution in [2.24, 2.45) is 4.99 Å². The summed E-state index contributed by atoms with van der Waals surface area (Å²) in [5, 5.41) is 6.76. The predicted octanol–water partition coefficient (Wildman–Crippen LogP) is 3.68. The van der Waals surface area contributed by atoms with Crippen molar-refractivity contribution < 1.29 is 4.21 Å². The molecule has 5 heteroatoms. The van der Waals surface area contributed by atoms with Crippen molar-refractivity contribution >= 4 is 16.8 Å². The Balaban J connectivity index is 1.86. The van der Waals surface area contributed by atoms with Gasteiger partial charge in [0.2, 0.25) is 0 Å². The van der Waals surface area contributed by atoms with E-state index >= 15 is 0 Å². The van der Waals surface area contributed by atoms with Crippen molar-refractivity contribution in [3.05, 3.63) is 71.8 Å². The molecular weight excluding hydrogens is 354 g/mol. The molecule has 0 radical (unpaired) electrons. The molecule has 0 bridgehead atoms. The molecule has 0 aliphatic heterocycles. The maximum absolute atomic E-state index is 12.3. The van der Waals surface area contributed by atoms with Crippen LogP contribution in [-0.2, 0) is 16.6 Å². The van der Waals surface area contributed by atoms with Crippen LogP contribution in [0.15, 0.2) is 65.7 Å². The zero-order chi connectivity index (χ0) is 19.5. The quantitative estimate of drug-likeness (QED) is 0.511. The fourth-order valence-corrected chi connectivity index (χ4v) is 3.80. The molecule has 0 aliphatic carbocycles. The summed E-state index contributed by atoms with van der Waals surface area (Å²) in [6.45, 7) is 7.77. The van der Waals surface area contributed by atoms with Crippen molar-refractivity contribution in [1.29, 1.82) is 0 Å². The summed E-state index contributed by atoms with van der Waals surface area (Å²) in [6, 6.07) is 20.7. The fourth-order valence-electron chi connectivity index (χ4n) is 2.80. The van der Waals surface area contributed by atoms with Crippen LogP contribution in [0.3, 0.4) is 0 Å². The third kappa shape index (κ3) is 7.55. The van der Waals surface area contributed by atoms with Gasteiger partial charge in [0.05, 0.1) is 6.54 Å². The highest BCUT2D eigenvalue weighted by Gasteiger charge is 2.15. The summed E-state index contributed by atoms with van der Waals surface area (Å²) in [6.07, 6.45) is 0. The van der Waals surface area contributed by atoms with Gasteiger partial charge in [-0.05, 0) is 25.0 Å². The molecule has 0 spiro atoms. The van der Waals surface area contributed by atoms with Crippen LogP contribution in [0.4, 0.5) is 0 Å². The molecule has 2 aromatic rings. The van der Waals surface area contributed by atoms with Gasteiger partial charge in [0.25, 0.3) is 0 Å². The minimum Gasteiger partial charge on any atom is -0.357 e. The van der Waals surface area contributed by atoms with Crippen LogP contribution in [0.1, 0.15) is 37.8 Å². The zero-order valence-electron chi connectivity index (χ0n) is 16.5. The summed E-state index contributed by atoms with van der Waals surface area (Å²) >= 11 is 0. The van der Waals surface area contributed by atoms with Gasteiger partial charge in [-0.3, -0.25) is 9.20 Å². The second-order valence-electron chi connectivity index (χ2n) is 6.67. The minimum atomic E-state index is -0.905. The lowest BCUT2D eigenvalue weighted by Crippen LogP contribution is -2.44. The van der Waals surface area contributed by atoms with Gasteiger partial charge in [0.15, 0.2) is 5.96 Å². The van der Waals surface area contributed by atoms with E-state index < -0.39 is 10.8 Å². The molecule has 0 saturated heterocycles. The lowest BCUT2D eigenvalue weighted by Gasteiger charge is -2.24. The van der Waals surface area contributed by atoms with Crippen molar-refractivity contribution in [3.8, 4) is 0 Å². The van der Waals surface area contributed by atoms with E-state index in [0.717, 1.165) is 18.1 Å². The molecule has 27 heavy (non-hydrogen) atoms. The predicted molar refractivity (Wildman–Crippen MR) is 117 cm³/mol. The fraction of sp³-hybridized carbons (Fsp3) is 0.409. The normalized spacial score (nSPS) is 15.0. The standard InChI is InChI=1S/C22H31N3OS/c1-4-23-22(25-19(3)18(2)21-13-9-6-10-14-21)24-15-16-27(26)17-20-11-7-5-8-12-20/h5-14,18-19H,4,15-17H2,1-3H3,(H2,23,24,25). The van der Waals surface area contributed by atoms with Crippen LogP contribution in [0.5, 0.6) is 0 Å². The SMILES string of the molecule is CCNC(=NCCS(=O)Cc1ccccc1)NC(C)C(C)c1ccccc1. The molecule has 2 aromatic carbocycles. The van der Waals surface area contributed by atoms with Gasteiger partial charge in [-0.15, -0.1) is 0 Å².